The third-order valence-corrected chi connectivity index (χ3v) is 2.66. The SMILES string of the molecule is Cc1c(CCBr)oc2ccccc12. The van der Waals surface area contributed by atoms with Gasteiger partial charge in [-0.2, -0.15) is 0 Å². The van der Waals surface area contributed by atoms with Crippen LogP contribution in [0.4, 0.5) is 0 Å². The van der Waals surface area contributed by atoms with Crippen LogP contribution in [-0.2, 0) is 6.42 Å². The number of alkyl halides is 1. The zero-order valence-electron chi connectivity index (χ0n) is 7.51. The maximum atomic E-state index is 5.71. The van der Waals surface area contributed by atoms with Crippen molar-refractivity contribution in [2.45, 2.75) is 13.3 Å². The Kier molecular flexibility index (Phi) is 2.40. The van der Waals surface area contributed by atoms with Crippen LogP contribution in [0.3, 0.4) is 0 Å². The fourth-order valence-electron chi connectivity index (χ4n) is 1.55. The van der Waals surface area contributed by atoms with E-state index in [1.807, 2.05) is 18.2 Å². The summed E-state index contributed by atoms with van der Waals surface area (Å²) in [6.07, 6.45) is 0.959. The number of furan rings is 1. The van der Waals surface area contributed by atoms with Crippen molar-refractivity contribution in [1.82, 2.24) is 0 Å². The van der Waals surface area contributed by atoms with Crippen LogP contribution in [0.15, 0.2) is 28.7 Å². The van der Waals surface area contributed by atoms with Crippen molar-refractivity contribution in [3.05, 3.63) is 35.6 Å². The lowest BCUT2D eigenvalue weighted by molar-refractivity contribution is 0.555. The summed E-state index contributed by atoms with van der Waals surface area (Å²) in [5.74, 6) is 1.10. The quantitative estimate of drug-likeness (QED) is 0.728. The summed E-state index contributed by atoms with van der Waals surface area (Å²) in [6, 6.07) is 8.16. The van der Waals surface area contributed by atoms with Crippen molar-refractivity contribution < 1.29 is 4.42 Å². The van der Waals surface area contributed by atoms with E-state index in [0.29, 0.717) is 0 Å². The van der Waals surface area contributed by atoms with Crippen LogP contribution in [0.2, 0.25) is 0 Å². The molecular formula is C11H11BrO. The molecule has 0 bridgehead atoms. The second-order valence-electron chi connectivity index (χ2n) is 3.09. The van der Waals surface area contributed by atoms with E-state index in [9.17, 15) is 0 Å². The van der Waals surface area contributed by atoms with Crippen LogP contribution in [0.1, 0.15) is 11.3 Å². The van der Waals surface area contributed by atoms with Crippen molar-refractivity contribution >= 4 is 26.9 Å². The summed E-state index contributed by atoms with van der Waals surface area (Å²) in [6.45, 7) is 2.11. The fraction of sp³-hybridized carbons (Fsp3) is 0.273. The Morgan fingerprint density at radius 1 is 1.31 bits per heavy atom. The monoisotopic (exact) mass is 238 g/mol. The first-order valence-corrected chi connectivity index (χ1v) is 5.48. The molecule has 1 heterocycles. The minimum absolute atomic E-state index is 0.952. The van der Waals surface area contributed by atoms with Gasteiger partial charge in [-0.1, -0.05) is 34.1 Å². The largest absolute Gasteiger partial charge is 0.461 e. The molecule has 2 heteroatoms. The highest BCUT2D eigenvalue weighted by molar-refractivity contribution is 9.09. The molecule has 0 atom stereocenters. The van der Waals surface area contributed by atoms with Crippen molar-refractivity contribution in [2.75, 3.05) is 5.33 Å². The van der Waals surface area contributed by atoms with Gasteiger partial charge in [0.05, 0.1) is 0 Å². The van der Waals surface area contributed by atoms with E-state index in [1.54, 1.807) is 0 Å². The summed E-state index contributed by atoms with van der Waals surface area (Å²) < 4.78 is 5.71. The summed E-state index contributed by atoms with van der Waals surface area (Å²) in [4.78, 5) is 0. The lowest BCUT2D eigenvalue weighted by atomic mass is 10.1. The second kappa shape index (κ2) is 3.54. The molecule has 0 fully saturated rings. The first-order valence-electron chi connectivity index (χ1n) is 4.36. The molecule has 0 amide bonds. The number of benzene rings is 1. The number of para-hydroxylation sites is 1. The fourth-order valence-corrected chi connectivity index (χ4v) is 1.91. The zero-order chi connectivity index (χ0) is 9.26. The second-order valence-corrected chi connectivity index (χ2v) is 3.88. The van der Waals surface area contributed by atoms with Gasteiger partial charge in [-0.25, -0.2) is 0 Å². The topological polar surface area (TPSA) is 13.1 Å². The van der Waals surface area contributed by atoms with Crippen LogP contribution >= 0.6 is 15.9 Å². The van der Waals surface area contributed by atoms with E-state index in [4.69, 9.17) is 4.42 Å². The first kappa shape index (κ1) is 8.82. The number of fused-ring (bicyclic) bond motifs is 1. The van der Waals surface area contributed by atoms with E-state index in [1.165, 1.54) is 10.9 Å². The maximum absolute atomic E-state index is 5.71. The molecule has 0 saturated heterocycles. The third kappa shape index (κ3) is 1.51. The predicted octanol–water partition coefficient (Wildman–Crippen LogP) is 3.68. The van der Waals surface area contributed by atoms with Crippen LogP contribution in [-0.4, -0.2) is 5.33 Å². The minimum Gasteiger partial charge on any atom is -0.461 e. The van der Waals surface area contributed by atoms with Gasteiger partial charge in [0.25, 0.3) is 0 Å². The average molecular weight is 239 g/mol. The van der Waals surface area contributed by atoms with Gasteiger partial charge in [0.1, 0.15) is 11.3 Å². The molecule has 1 aromatic heterocycles. The molecular weight excluding hydrogens is 228 g/mol. The molecule has 2 rings (SSSR count). The number of hydrogen-bond donors (Lipinski definition) is 0. The molecule has 0 radical (unpaired) electrons. The van der Waals surface area contributed by atoms with Gasteiger partial charge in [0, 0.05) is 17.1 Å². The molecule has 0 aliphatic heterocycles. The predicted molar refractivity (Wildman–Crippen MR) is 58.4 cm³/mol. The molecule has 0 unspecified atom stereocenters. The van der Waals surface area contributed by atoms with E-state index < -0.39 is 0 Å². The number of hydrogen-bond acceptors (Lipinski definition) is 1. The molecule has 13 heavy (non-hydrogen) atoms. The molecule has 68 valence electrons. The van der Waals surface area contributed by atoms with Crippen LogP contribution in [0.25, 0.3) is 11.0 Å². The minimum atomic E-state index is 0.952. The van der Waals surface area contributed by atoms with Crippen LogP contribution < -0.4 is 0 Å². The van der Waals surface area contributed by atoms with Gasteiger partial charge in [0.2, 0.25) is 0 Å². The van der Waals surface area contributed by atoms with E-state index in [2.05, 4.69) is 28.9 Å². The molecule has 1 nitrogen and oxygen atoms in total. The molecule has 0 saturated carbocycles. The highest BCUT2D eigenvalue weighted by Crippen LogP contribution is 2.25. The number of rotatable bonds is 2. The smallest absolute Gasteiger partial charge is 0.134 e. The Morgan fingerprint density at radius 3 is 2.77 bits per heavy atom. The van der Waals surface area contributed by atoms with E-state index in [-0.39, 0.29) is 0 Å². The van der Waals surface area contributed by atoms with E-state index in [0.717, 1.165) is 23.1 Å². The molecule has 0 aliphatic rings. The van der Waals surface area contributed by atoms with Gasteiger partial charge >= 0.3 is 0 Å². The number of aryl methyl sites for hydroxylation is 2. The zero-order valence-corrected chi connectivity index (χ0v) is 9.10. The Labute approximate surface area is 85.9 Å². The van der Waals surface area contributed by atoms with Gasteiger partial charge in [-0.15, -0.1) is 0 Å². The Hall–Kier alpha value is -0.760. The Morgan fingerprint density at radius 2 is 2.08 bits per heavy atom. The molecule has 0 N–H and O–H groups in total. The van der Waals surface area contributed by atoms with Gasteiger partial charge < -0.3 is 4.42 Å². The van der Waals surface area contributed by atoms with E-state index >= 15 is 0 Å². The maximum Gasteiger partial charge on any atom is 0.134 e. The number of halogens is 1. The summed E-state index contributed by atoms with van der Waals surface area (Å²) in [5, 5.41) is 2.19. The normalized spacial score (nSPS) is 10.9. The molecule has 1 aromatic carbocycles. The van der Waals surface area contributed by atoms with Gasteiger partial charge in [0.15, 0.2) is 0 Å². The lowest BCUT2D eigenvalue weighted by Crippen LogP contribution is -1.84. The van der Waals surface area contributed by atoms with Crippen molar-refractivity contribution in [2.24, 2.45) is 0 Å². The summed E-state index contributed by atoms with van der Waals surface area (Å²) in [5.41, 5.74) is 2.27. The standard InChI is InChI=1S/C11H11BrO/c1-8-9-4-2-3-5-11(9)13-10(8)6-7-12/h2-5H,6-7H2,1H3. The van der Waals surface area contributed by atoms with Gasteiger partial charge in [-0.05, 0) is 18.6 Å². The third-order valence-electron chi connectivity index (χ3n) is 2.26. The summed E-state index contributed by atoms with van der Waals surface area (Å²) in [7, 11) is 0. The van der Waals surface area contributed by atoms with Crippen molar-refractivity contribution in [3.63, 3.8) is 0 Å². The lowest BCUT2D eigenvalue weighted by Gasteiger charge is -1.91. The van der Waals surface area contributed by atoms with Crippen molar-refractivity contribution in [3.8, 4) is 0 Å². The molecule has 2 aromatic rings. The average Bonchev–Trinajstić information content (AvgIpc) is 2.46. The molecule has 0 spiro atoms. The summed E-state index contributed by atoms with van der Waals surface area (Å²) >= 11 is 3.42. The first-order chi connectivity index (χ1) is 6.33. The highest BCUT2D eigenvalue weighted by atomic mass is 79.9. The molecule has 0 aliphatic carbocycles. The Balaban J connectivity index is 2.60. The van der Waals surface area contributed by atoms with Crippen LogP contribution in [0, 0.1) is 6.92 Å². The van der Waals surface area contributed by atoms with Crippen LogP contribution in [0.5, 0.6) is 0 Å². The van der Waals surface area contributed by atoms with Crippen molar-refractivity contribution in [1.29, 1.82) is 0 Å². The Bertz CT molecular complexity index is 417. The van der Waals surface area contributed by atoms with Gasteiger partial charge in [-0.3, -0.25) is 0 Å². The highest BCUT2D eigenvalue weighted by Gasteiger charge is 2.07.